The van der Waals surface area contributed by atoms with Crippen molar-refractivity contribution in [1.29, 1.82) is 0 Å². The van der Waals surface area contributed by atoms with Crippen molar-refractivity contribution in [3.8, 4) is 5.69 Å². The molecule has 1 aromatic heterocycles. The first-order valence-corrected chi connectivity index (χ1v) is 6.07. The molecule has 17 heavy (non-hydrogen) atoms. The van der Waals surface area contributed by atoms with Crippen molar-refractivity contribution in [2.24, 2.45) is 0 Å². The van der Waals surface area contributed by atoms with Crippen LogP contribution in [0.2, 0.25) is 10.0 Å². The van der Waals surface area contributed by atoms with Crippen LogP contribution in [-0.4, -0.2) is 21.3 Å². The average Bonchev–Trinajstić information content (AvgIpc) is 2.75. The zero-order chi connectivity index (χ0) is 12.3. The van der Waals surface area contributed by atoms with E-state index in [-0.39, 0.29) is 0 Å². The minimum atomic E-state index is 0.546. The summed E-state index contributed by atoms with van der Waals surface area (Å²) in [5, 5.41) is 8.52. The summed E-state index contributed by atoms with van der Waals surface area (Å²) in [6, 6.07) is 5.26. The van der Waals surface area contributed by atoms with Gasteiger partial charge in [-0.05, 0) is 24.6 Å². The number of anilines is 1. The standard InChI is InChI=1S/C11H12Cl2N4/c1-2-5-14-11-15-7-17(16-11)10-4-3-8(12)6-9(10)13/h3-4,6-7H,2,5H2,1H3,(H,14,16). The summed E-state index contributed by atoms with van der Waals surface area (Å²) >= 11 is 11.9. The van der Waals surface area contributed by atoms with E-state index in [1.54, 1.807) is 23.1 Å². The number of nitrogens with one attached hydrogen (secondary N) is 1. The van der Waals surface area contributed by atoms with Gasteiger partial charge in [-0.1, -0.05) is 30.1 Å². The van der Waals surface area contributed by atoms with Gasteiger partial charge in [0, 0.05) is 11.6 Å². The maximum Gasteiger partial charge on any atom is 0.242 e. The van der Waals surface area contributed by atoms with Gasteiger partial charge in [-0.25, -0.2) is 9.67 Å². The van der Waals surface area contributed by atoms with Crippen molar-refractivity contribution >= 4 is 29.2 Å². The van der Waals surface area contributed by atoms with Gasteiger partial charge in [0.25, 0.3) is 0 Å². The van der Waals surface area contributed by atoms with E-state index in [1.807, 2.05) is 6.07 Å². The van der Waals surface area contributed by atoms with Crippen LogP contribution in [0.1, 0.15) is 13.3 Å². The van der Waals surface area contributed by atoms with Crippen LogP contribution in [0.5, 0.6) is 0 Å². The van der Waals surface area contributed by atoms with E-state index < -0.39 is 0 Å². The number of benzene rings is 1. The second-order valence-electron chi connectivity index (χ2n) is 3.54. The molecule has 4 nitrogen and oxygen atoms in total. The Balaban J connectivity index is 2.24. The fourth-order valence-corrected chi connectivity index (χ4v) is 1.86. The second kappa shape index (κ2) is 5.38. The number of hydrogen-bond acceptors (Lipinski definition) is 3. The predicted octanol–water partition coefficient (Wildman–Crippen LogP) is 3.40. The maximum absolute atomic E-state index is 6.08. The summed E-state index contributed by atoms with van der Waals surface area (Å²) < 4.78 is 1.62. The van der Waals surface area contributed by atoms with Gasteiger partial charge in [-0.3, -0.25) is 0 Å². The molecule has 0 amide bonds. The molecule has 0 aliphatic heterocycles. The third-order valence-corrected chi connectivity index (χ3v) is 2.72. The minimum Gasteiger partial charge on any atom is -0.353 e. The number of aromatic nitrogens is 3. The molecule has 0 aliphatic carbocycles. The minimum absolute atomic E-state index is 0.546. The Morgan fingerprint density at radius 3 is 2.88 bits per heavy atom. The number of halogens is 2. The molecule has 0 saturated carbocycles. The number of rotatable bonds is 4. The Hall–Kier alpha value is -1.26. The first-order chi connectivity index (χ1) is 8.20. The topological polar surface area (TPSA) is 42.7 Å². The van der Waals surface area contributed by atoms with E-state index in [2.05, 4.69) is 22.3 Å². The van der Waals surface area contributed by atoms with Crippen molar-refractivity contribution in [2.45, 2.75) is 13.3 Å². The highest BCUT2D eigenvalue weighted by Crippen LogP contribution is 2.23. The van der Waals surface area contributed by atoms with Crippen molar-refractivity contribution < 1.29 is 0 Å². The summed E-state index contributed by atoms with van der Waals surface area (Å²) in [7, 11) is 0. The Morgan fingerprint density at radius 2 is 2.18 bits per heavy atom. The lowest BCUT2D eigenvalue weighted by Crippen LogP contribution is -2.02. The molecule has 2 rings (SSSR count). The Bertz CT molecular complexity index is 510. The molecule has 2 aromatic rings. The third kappa shape index (κ3) is 2.90. The van der Waals surface area contributed by atoms with Crippen molar-refractivity contribution in [3.05, 3.63) is 34.6 Å². The van der Waals surface area contributed by atoms with Gasteiger partial charge in [0.15, 0.2) is 0 Å². The normalized spacial score (nSPS) is 10.5. The van der Waals surface area contributed by atoms with Crippen LogP contribution in [0.25, 0.3) is 5.69 Å². The second-order valence-corrected chi connectivity index (χ2v) is 4.38. The summed E-state index contributed by atoms with van der Waals surface area (Å²) in [6.07, 6.45) is 2.64. The molecule has 0 fully saturated rings. The molecule has 1 heterocycles. The van der Waals surface area contributed by atoms with E-state index in [0.717, 1.165) is 18.7 Å². The molecule has 0 bridgehead atoms. The molecule has 1 N–H and O–H groups in total. The zero-order valence-electron chi connectivity index (χ0n) is 9.32. The summed E-state index contributed by atoms with van der Waals surface area (Å²) in [5.74, 6) is 0.595. The largest absolute Gasteiger partial charge is 0.353 e. The Morgan fingerprint density at radius 1 is 1.35 bits per heavy atom. The molecule has 0 saturated heterocycles. The lowest BCUT2D eigenvalue weighted by atomic mass is 10.3. The highest BCUT2D eigenvalue weighted by atomic mass is 35.5. The van der Waals surface area contributed by atoms with Crippen LogP contribution in [0, 0.1) is 0 Å². The quantitative estimate of drug-likeness (QED) is 0.926. The van der Waals surface area contributed by atoms with Crippen LogP contribution in [-0.2, 0) is 0 Å². The van der Waals surface area contributed by atoms with Gasteiger partial charge in [0.1, 0.15) is 6.33 Å². The Labute approximate surface area is 110 Å². The average molecular weight is 271 g/mol. The molecule has 0 atom stereocenters. The van der Waals surface area contributed by atoms with Crippen molar-refractivity contribution in [3.63, 3.8) is 0 Å². The lowest BCUT2D eigenvalue weighted by molar-refractivity contribution is 0.871. The number of hydrogen-bond donors (Lipinski definition) is 1. The van der Waals surface area contributed by atoms with Crippen LogP contribution < -0.4 is 5.32 Å². The molecule has 0 unspecified atom stereocenters. The van der Waals surface area contributed by atoms with E-state index in [1.165, 1.54) is 0 Å². The molecule has 1 aromatic carbocycles. The van der Waals surface area contributed by atoms with Crippen molar-refractivity contribution in [2.75, 3.05) is 11.9 Å². The van der Waals surface area contributed by atoms with E-state index in [0.29, 0.717) is 16.0 Å². The smallest absolute Gasteiger partial charge is 0.242 e. The molecule has 6 heteroatoms. The summed E-state index contributed by atoms with van der Waals surface area (Å²) in [6.45, 7) is 2.93. The monoisotopic (exact) mass is 270 g/mol. The molecule has 90 valence electrons. The number of nitrogens with zero attached hydrogens (tertiary/aromatic N) is 3. The first-order valence-electron chi connectivity index (χ1n) is 5.31. The maximum atomic E-state index is 6.08. The molecular formula is C11H12Cl2N4. The SMILES string of the molecule is CCCNc1ncn(-c2ccc(Cl)cc2Cl)n1. The van der Waals surface area contributed by atoms with Crippen LogP contribution in [0.15, 0.2) is 24.5 Å². The fraction of sp³-hybridized carbons (Fsp3) is 0.273. The molecule has 0 spiro atoms. The fourth-order valence-electron chi connectivity index (χ4n) is 1.36. The lowest BCUT2D eigenvalue weighted by Gasteiger charge is -2.03. The van der Waals surface area contributed by atoms with Crippen LogP contribution >= 0.6 is 23.2 Å². The van der Waals surface area contributed by atoms with Gasteiger partial charge in [0.05, 0.1) is 10.7 Å². The van der Waals surface area contributed by atoms with Gasteiger partial charge in [0.2, 0.25) is 5.95 Å². The Kier molecular flexibility index (Phi) is 3.86. The van der Waals surface area contributed by atoms with Gasteiger partial charge in [-0.15, -0.1) is 5.10 Å². The van der Waals surface area contributed by atoms with Crippen LogP contribution in [0.4, 0.5) is 5.95 Å². The summed E-state index contributed by atoms with van der Waals surface area (Å²) in [4.78, 5) is 4.14. The highest BCUT2D eigenvalue weighted by molar-refractivity contribution is 6.35. The zero-order valence-corrected chi connectivity index (χ0v) is 10.8. The van der Waals surface area contributed by atoms with Gasteiger partial charge in [-0.2, -0.15) is 0 Å². The highest BCUT2D eigenvalue weighted by Gasteiger charge is 2.06. The molecule has 0 radical (unpaired) electrons. The first kappa shape index (κ1) is 12.2. The van der Waals surface area contributed by atoms with Crippen LogP contribution in [0.3, 0.4) is 0 Å². The van der Waals surface area contributed by atoms with E-state index in [9.17, 15) is 0 Å². The van der Waals surface area contributed by atoms with E-state index in [4.69, 9.17) is 23.2 Å². The van der Waals surface area contributed by atoms with Gasteiger partial charge < -0.3 is 5.32 Å². The summed E-state index contributed by atoms with van der Waals surface area (Å²) in [5.41, 5.74) is 0.758. The predicted molar refractivity (Wildman–Crippen MR) is 70.2 cm³/mol. The van der Waals surface area contributed by atoms with Gasteiger partial charge >= 0.3 is 0 Å². The molecular weight excluding hydrogens is 259 g/mol. The van der Waals surface area contributed by atoms with E-state index >= 15 is 0 Å². The molecule has 0 aliphatic rings. The third-order valence-electron chi connectivity index (χ3n) is 2.18. The van der Waals surface area contributed by atoms with Crippen molar-refractivity contribution in [1.82, 2.24) is 14.8 Å².